The van der Waals surface area contributed by atoms with Gasteiger partial charge in [0.05, 0.1) is 17.0 Å². The molecule has 0 saturated heterocycles. The number of carbonyl (C=O) groups is 1. The first-order valence-corrected chi connectivity index (χ1v) is 6.51. The van der Waals surface area contributed by atoms with Gasteiger partial charge in [0.1, 0.15) is 11.5 Å². The summed E-state index contributed by atoms with van der Waals surface area (Å²) in [4.78, 5) is 11.0. The molecule has 0 atom stereocenters. The maximum absolute atomic E-state index is 11.0. The fraction of sp³-hybridized carbons (Fsp3) is 0.125. The van der Waals surface area contributed by atoms with Crippen LogP contribution in [0, 0.1) is 13.8 Å². The highest BCUT2D eigenvalue weighted by Crippen LogP contribution is 2.28. The molecule has 2 aromatic heterocycles. The van der Waals surface area contributed by atoms with Crippen LogP contribution in [0.3, 0.4) is 0 Å². The highest BCUT2D eigenvalue weighted by atomic mass is 16.4. The maximum atomic E-state index is 11.0. The number of hydrogen-bond donors (Lipinski definition) is 2. The Kier molecular flexibility index (Phi) is 3.10. The average Bonchev–Trinajstić information content (AvgIpc) is 3.05. The molecule has 0 saturated carbocycles. The SMILES string of the molecule is Cc1cc(-c2cc(-c3cccc(C(=O)O)c3)n[nH]2)c(C)o1. The topological polar surface area (TPSA) is 79.1 Å². The largest absolute Gasteiger partial charge is 0.478 e. The first-order valence-electron chi connectivity index (χ1n) is 6.51. The number of aromatic amines is 1. The van der Waals surface area contributed by atoms with Crippen LogP contribution in [0.2, 0.25) is 0 Å². The summed E-state index contributed by atoms with van der Waals surface area (Å²) < 4.78 is 5.51. The molecule has 1 aromatic carbocycles. The second kappa shape index (κ2) is 4.94. The highest BCUT2D eigenvalue weighted by molar-refractivity contribution is 5.89. The fourth-order valence-electron chi connectivity index (χ4n) is 2.32. The van der Waals surface area contributed by atoms with Crippen molar-refractivity contribution in [3.63, 3.8) is 0 Å². The van der Waals surface area contributed by atoms with Gasteiger partial charge in [0, 0.05) is 11.1 Å². The van der Waals surface area contributed by atoms with Crippen molar-refractivity contribution in [1.82, 2.24) is 10.2 Å². The van der Waals surface area contributed by atoms with Crippen molar-refractivity contribution in [2.45, 2.75) is 13.8 Å². The van der Waals surface area contributed by atoms with Crippen LogP contribution in [0.15, 0.2) is 40.8 Å². The van der Waals surface area contributed by atoms with E-state index in [4.69, 9.17) is 9.52 Å². The first kappa shape index (κ1) is 13.2. The second-order valence-electron chi connectivity index (χ2n) is 4.88. The predicted molar refractivity (Wildman–Crippen MR) is 78.2 cm³/mol. The normalized spacial score (nSPS) is 10.8. The van der Waals surface area contributed by atoms with Crippen LogP contribution in [0.5, 0.6) is 0 Å². The Morgan fingerprint density at radius 2 is 2.05 bits per heavy atom. The summed E-state index contributed by atoms with van der Waals surface area (Å²) in [7, 11) is 0. The molecule has 0 spiro atoms. The molecule has 3 aromatic rings. The standard InChI is InChI=1S/C16H14N2O3/c1-9-6-13(10(2)21-9)15-8-14(17-18-15)11-4-3-5-12(7-11)16(19)20/h3-8H,1-2H3,(H,17,18)(H,19,20). The van der Waals surface area contributed by atoms with Gasteiger partial charge in [-0.05, 0) is 38.1 Å². The van der Waals surface area contributed by atoms with Crippen LogP contribution >= 0.6 is 0 Å². The summed E-state index contributed by atoms with van der Waals surface area (Å²) >= 11 is 0. The minimum atomic E-state index is -0.950. The minimum Gasteiger partial charge on any atom is -0.478 e. The van der Waals surface area contributed by atoms with Crippen LogP contribution < -0.4 is 0 Å². The molecule has 0 aliphatic carbocycles. The number of H-pyrrole nitrogens is 1. The molecule has 5 nitrogen and oxygen atoms in total. The van der Waals surface area contributed by atoms with Crippen molar-refractivity contribution in [3.8, 4) is 22.5 Å². The van der Waals surface area contributed by atoms with Crippen LogP contribution in [0.1, 0.15) is 21.9 Å². The van der Waals surface area contributed by atoms with Gasteiger partial charge in [-0.2, -0.15) is 5.10 Å². The number of aryl methyl sites for hydroxylation is 2. The van der Waals surface area contributed by atoms with Crippen LogP contribution in [-0.2, 0) is 0 Å². The van der Waals surface area contributed by atoms with E-state index in [2.05, 4.69) is 10.2 Å². The van der Waals surface area contributed by atoms with Gasteiger partial charge in [-0.1, -0.05) is 12.1 Å². The number of benzene rings is 1. The van der Waals surface area contributed by atoms with E-state index in [0.29, 0.717) is 5.69 Å². The van der Waals surface area contributed by atoms with Crippen molar-refractivity contribution < 1.29 is 14.3 Å². The Morgan fingerprint density at radius 3 is 2.71 bits per heavy atom. The lowest BCUT2D eigenvalue weighted by atomic mass is 10.1. The van der Waals surface area contributed by atoms with Gasteiger partial charge in [-0.25, -0.2) is 4.79 Å². The van der Waals surface area contributed by atoms with E-state index >= 15 is 0 Å². The molecule has 3 rings (SSSR count). The number of nitrogens with zero attached hydrogens (tertiary/aromatic N) is 1. The number of carboxylic acid groups (broad SMARTS) is 1. The Morgan fingerprint density at radius 1 is 1.24 bits per heavy atom. The number of aromatic carboxylic acids is 1. The number of nitrogens with one attached hydrogen (secondary N) is 1. The van der Waals surface area contributed by atoms with Gasteiger partial charge >= 0.3 is 5.97 Å². The third kappa shape index (κ3) is 2.45. The lowest BCUT2D eigenvalue weighted by molar-refractivity contribution is 0.0697. The molecule has 21 heavy (non-hydrogen) atoms. The quantitative estimate of drug-likeness (QED) is 0.768. The van der Waals surface area contributed by atoms with E-state index in [1.807, 2.05) is 32.0 Å². The van der Waals surface area contributed by atoms with Gasteiger partial charge in [-0.3, -0.25) is 5.10 Å². The lowest BCUT2D eigenvalue weighted by Crippen LogP contribution is -1.95. The smallest absolute Gasteiger partial charge is 0.335 e. The van der Waals surface area contributed by atoms with Crippen molar-refractivity contribution in [2.24, 2.45) is 0 Å². The molecule has 0 unspecified atom stereocenters. The average molecular weight is 282 g/mol. The molecular formula is C16H14N2O3. The zero-order chi connectivity index (χ0) is 15.0. The monoisotopic (exact) mass is 282 g/mol. The number of carboxylic acids is 1. The zero-order valence-electron chi connectivity index (χ0n) is 11.7. The van der Waals surface area contributed by atoms with E-state index in [9.17, 15) is 4.79 Å². The Labute approximate surface area is 121 Å². The summed E-state index contributed by atoms with van der Waals surface area (Å²) in [5.41, 5.74) is 3.51. The number of aromatic nitrogens is 2. The molecule has 0 bridgehead atoms. The molecule has 0 fully saturated rings. The van der Waals surface area contributed by atoms with Crippen molar-refractivity contribution >= 4 is 5.97 Å². The summed E-state index contributed by atoms with van der Waals surface area (Å²) in [5.74, 6) is 0.711. The van der Waals surface area contributed by atoms with Crippen molar-refractivity contribution in [2.75, 3.05) is 0 Å². The molecule has 0 amide bonds. The molecule has 0 radical (unpaired) electrons. The zero-order valence-corrected chi connectivity index (χ0v) is 11.7. The molecule has 2 N–H and O–H groups in total. The van der Waals surface area contributed by atoms with Gasteiger partial charge in [0.15, 0.2) is 0 Å². The Hall–Kier alpha value is -2.82. The Balaban J connectivity index is 2.00. The van der Waals surface area contributed by atoms with Gasteiger partial charge in [-0.15, -0.1) is 0 Å². The van der Waals surface area contributed by atoms with Crippen LogP contribution in [0.4, 0.5) is 0 Å². The van der Waals surface area contributed by atoms with Crippen LogP contribution in [0.25, 0.3) is 22.5 Å². The highest BCUT2D eigenvalue weighted by Gasteiger charge is 2.12. The molecular weight excluding hydrogens is 268 g/mol. The van der Waals surface area contributed by atoms with E-state index in [1.165, 1.54) is 0 Å². The lowest BCUT2D eigenvalue weighted by Gasteiger charge is -1.98. The van der Waals surface area contributed by atoms with Crippen molar-refractivity contribution in [3.05, 3.63) is 53.5 Å². The van der Waals surface area contributed by atoms with Gasteiger partial charge in [0.2, 0.25) is 0 Å². The van der Waals surface area contributed by atoms with E-state index in [-0.39, 0.29) is 5.56 Å². The van der Waals surface area contributed by atoms with E-state index in [1.54, 1.807) is 18.2 Å². The van der Waals surface area contributed by atoms with Gasteiger partial charge in [0.25, 0.3) is 0 Å². The fourth-order valence-corrected chi connectivity index (χ4v) is 2.32. The summed E-state index contributed by atoms with van der Waals surface area (Å²) in [5, 5.41) is 16.3. The first-order chi connectivity index (χ1) is 10.0. The number of furan rings is 1. The predicted octanol–water partition coefficient (Wildman–Crippen LogP) is 3.65. The minimum absolute atomic E-state index is 0.243. The number of rotatable bonds is 3. The molecule has 0 aliphatic heterocycles. The summed E-state index contributed by atoms with van der Waals surface area (Å²) in [6.07, 6.45) is 0. The molecule has 106 valence electrons. The molecule has 0 aliphatic rings. The summed E-state index contributed by atoms with van der Waals surface area (Å²) in [6.45, 7) is 3.79. The molecule has 5 heteroatoms. The Bertz CT molecular complexity index is 815. The molecule has 2 heterocycles. The second-order valence-corrected chi connectivity index (χ2v) is 4.88. The van der Waals surface area contributed by atoms with Crippen molar-refractivity contribution in [1.29, 1.82) is 0 Å². The summed E-state index contributed by atoms with van der Waals surface area (Å²) in [6, 6.07) is 10.5. The van der Waals surface area contributed by atoms with Gasteiger partial charge < -0.3 is 9.52 Å². The van der Waals surface area contributed by atoms with Crippen LogP contribution in [-0.4, -0.2) is 21.3 Å². The van der Waals surface area contributed by atoms with E-state index in [0.717, 1.165) is 28.3 Å². The third-order valence-electron chi connectivity index (χ3n) is 3.31. The number of hydrogen-bond acceptors (Lipinski definition) is 3. The third-order valence-corrected chi connectivity index (χ3v) is 3.31. The maximum Gasteiger partial charge on any atom is 0.335 e. The van der Waals surface area contributed by atoms with E-state index < -0.39 is 5.97 Å².